The van der Waals surface area contributed by atoms with Crippen molar-refractivity contribution in [3.8, 4) is 0 Å². The van der Waals surface area contributed by atoms with Gasteiger partial charge in [-0.25, -0.2) is 9.59 Å². The zero-order chi connectivity index (χ0) is 12.0. The van der Waals surface area contributed by atoms with Gasteiger partial charge in [0.25, 0.3) is 0 Å². The van der Waals surface area contributed by atoms with Gasteiger partial charge in [0.2, 0.25) is 0 Å². The maximum absolute atomic E-state index is 11.1. The zero-order valence-corrected chi connectivity index (χ0v) is 7.99. The molecule has 0 unspecified atom stereocenters. The van der Waals surface area contributed by atoms with Crippen molar-refractivity contribution in [2.24, 2.45) is 0 Å². The van der Waals surface area contributed by atoms with Crippen LogP contribution in [-0.2, 0) is 19.4 Å². The van der Waals surface area contributed by atoms with Crippen LogP contribution in [0.4, 0.5) is 0 Å². The molecular weight excluding hydrogens is 216 g/mol. The molecule has 0 fully saturated rings. The lowest BCUT2D eigenvalue weighted by molar-refractivity contribution is -0.229. The Balaban J connectivity index is 3.11. The largest absolute Gasteiger partial charge is 0.373 e. The fraction of sp³-hybridized carbons (Fsp3) is 0. The van der Waals surface area contributed by atoms with Gasteiger partial charge in [0.05, 0.1) is 5.57 Å². The van der Waals surface area contributed by atoms with E-state index in [0.717, 1.165) is 0 Å². The number of hydrogen-bond acceptors (Lipinski definition) is 6. The summed E-state index contributed by atoms with van der Waals surface area (Å²) in [6.45, 7) is 0. The monoisotopic (exact) mass is 224 g/mol. The van der Waals surface area contributed by atoms with Crippen LogP contribution in [-0.4, -0.2) is 22.5 Å². The summed E-state index contributed by atoms with van der Waals surface area (Å²) in [5.41, 5.74) is 0.106. The van der Waals surface area contributed by atoms with Gasteiger partial charge in [-0.15, -0.1) is 0 Å². The predicted octanol–water partition coefficient (Wildman–Crippen LogP) is 1.10. The third-order valence-electron chi connectivity index (χ3n) is 1.74. The van der Waals surface area contributed by atoms with E-state index in [0.29, 0.717) is 11.6 Å². The molecule has 0 saturated heterocycles. The molecular formula is C10H8O6. The Bertz CT molecular complexity index is 409. The number of rotatable bonds is 3. The Hall–Kier alpha value is -2.18. The van der Waals surface area contributed by atoms with E-state index in [1.807, 2.05) is 0 Å². The molecule has 0 radical (unpaired) electrons. The van der Waals surface area contributed by atoms with Crippen molar-refractivity contribution in [2.45, 2.75) is 0 Å². The van der Waals surface area contributed by atoms with Crippen LogP contribution < -0.4 is 0 Å². The second-order valence-corrected chi connectivity index (χ2v) is 2.71. The Morgan fingerprint density at radius 1 is 1.06 bits per heavy atom. The molecule has 1 aromatic rings. The lowest BCUT2D eigenvalue weighted by Crippen LogP contribution is -2.07. The van der Waals surface area contributed by atoms with E-state index in [4.69, 9.17) is 10.5 Å². The van der Waals surface area contributed by atoms with Crippen molar-refractivity contribution < 1.29 is 29.9 Å². The minimum atomic E-state index is -1.15. The standard InChI is InChI=1S/C10H8O6/c11-9(15-13)6-8(10(12)16-14)7-4-2-1-3-5-7/h1-6,13-14H/b8-6-. The summed E-state index contributed by atoms with van der Waals surface area (Å²) in [6, 6.07) is 7.99. The minimum absolute atomic E-state index is 0.234. The second kappa shape index (κ2) is 5.64. The van der Waals surface area contributed by atoms with Crippen molar-refractivity contribution in [3.05, 3.63) is 42.0 Å². The van der Waals surface area contributed by atoms with Crippen LogP contribution in [0.25, 0.3) is 5.57 Å². The maximum Gasteiger partial charge on any atom is 0.373 e. The van der Waals surface area contributed by atoms with Crippen LogP contribution in [0.15, 0.2) is 36.4 Å². The molecule has 0 aliphatic heterocycles. The van der Waals surface area contributed by atoms with Crippen LogP contribution in [0.5, 0.6) is 0 Å². The molecule has 0 bridgehead atoms. The fourth-order valence-electron chi connectivity index (χ4n) is 1.07. The van der Waals surface area contributed by atoms with Gasteiger partial charge in [0.1, 0.15) is 0 Å². The first kappa shape index (κ1) is 11.9. The van der Waals surface area contributed by atoms with Crippen LogP contribution in [0.1, 0.15) is 5.56 Å². The second-order valence-electron chi connectivity index (χ2n) is 2.71. The Morgan fingerprint density at radius 2 is 1.69 bits per heavy atom. The molecule has 0 saturated carbocycles. The van der Waals surface area contributed by atoms with E-state index in [1.165, 1.54) is 12.1 Å². The first-order valence-electron chi connectivity index (χ1n) is 4.17. The molecule has 6 heteroatoms. The van der Waals surface area contributed by atoms with Crippen LogP contribution in [0.3, 0.4) is 0 Å². The molecule has 16 heavy (non-hydrogen) atoms. The van der Waals surface area contributed by atoms with Crippen molar-refractivity contribution in [1.29, 1.82) is 0 Å². The van der Waals surface area contributed by atoms with Gasteiger partial charge in [-0.3, -0.25) is 9.78 Å². The smallest absolute Gasteiger partial charge is 0.296 e. The summed E-state index contributed by atoms with van der Waals surface area (Å²) < 4.78 is 0. The summed E-state index contributed by atoms with van der Waals surface area (Å²) in [6.07, 6.45) is 0.702. The average molecular weight is 224 g/mol. The molecule has 0 aromatic heterocycles. The zero-order valence-electron chi connectivity index (χ0n) is 7.99. The van der Waals surface area contributed by atoms with E-state index >= 15 is 0 Å². The highest BCUT2D eigenvalue weighted by atomic mass is 17.1. The van der Waals surface area contributed by atoms with Crippen molar-refractivity contribution in [2.75, 3.05) is 0 Å². The van der Waals surface area contributed by atoms with Gasteiger partial charge < -0.3 is 0 Å². The van der Waals surface area contributed by atoms with Gasteiger partial charge in [-0.2, -0.15) is 10.5 Å². The lowest BCUT2D eigenvalue weighted by Gasteiger charge is -2.02. The number of carbonyl (C=O) groups is 2. The Morgan fingerprint density at radius 3 is 2.19 bits per heavy atom. The van der Waals surface area contributed by atoms with E-state index in [2.05, 4.69) is 9.78 Å². The summed E-state index contributed by atoms with van der Waals surface area (Å²) in [4.78, 5) is 28.8. The normalized spacial score (nSPS) is 10.8. The highest BCUT2D eigenvalue weighted by molar-refractivity contribution is 6.20. The van der Waals surface area contributed by atoms with E-state index in [9.17, 15) is 9.59 Å². The summed E-state index contributed by atoms with van der Waals surface area (Å²) in [5, 5.41) is 16.3. The summed E-state index contributed by atoms with van der Waals surface area (Å²) in [5.74, 6) is -2.28. The van der Waals surface area contributed by atoms with Gasteiger partial charge >= 0.3 is 11.9 Å². The number of carbonyl (C=O) groups excluding carboxylic acids is 2. The molecule has 2 N–H and O–H groups in total. The molecule has 84 valence electrons. The third kappa shape index (κ3) is 2.91. The van der Waals surface area contributed by atoms with Crippen molar-refractivity contribution >= 4 is 17.5 Å². The molecule has 0 spiro atoms. The summed E-state index contributed by atoms with van der Waals surface area (Å²) in [7, 11) is 0. The topological polar surface area (TPSA) is 93.1 Å². The molecule has 0 heterocycles. The maximum atomic E-state index is 11.1. The van der Waals surface area contributed by atoms with Gasteiger partial charge in [0, 0.05) is 6.08 Å². The Labute approximate surface area is 90.2 Å². The highest BCUT2D eigenvalue weighted by Gasteiger charge is 2.15. The van der Waals surface area contributed by atoms with Crippen LogP contribution >= 0.6 is 0 Å². The quantitative estimate of drug-likeness (QED) is 0.453. The minimum Gasteiger partial charge on any atom is -0.296 e. The molecule has 0 aliphatic rings. The predicted molar refractivity (Wildman–Crippen MR) is 51.9 cm³/mol. The molecule has 0 aliphatic carbocycles. The number of benzene rings is 1. The lowest BCUT2D eigenvalue weighted by atomic mass is 10.1. The number of hydrogen-bond donors (Lipinski definition) is 2. The van der Waals surface area contributed by atoms with E-state index < -0.39 is 11.9 Å². The molecule has 6 nitrogen and oxygen atoms in total. The van der Waals surface area contributed by atoms with E-state index in [1.54, 1.807) is 18.2 Å². The SMILES string of the molecule is O=C(/C=C(\C(=O)OO)c1ccccc1)OO. The average Bonchev–Trinajstić information content (AvgIpc) is 2.35. The first-order valence-corrected chi connectivity index (χ1v) is 4.17. The van der Waals surface area contributed by atoms with Gasteiger partial charge in [-0.1, -0.05) is 30.3 Å². The van der Waals surface area contributed by atoms with Crippen molar-refractivity contribution in [3.63, 3.8) is 0 Å². The molecule has 1 aromatic carbocycles. The molecule has 0 atom stereocenters. The van der Waals surface area contributed by atoms with Crippen molar-refractivity contribution in [1.82, 2.24) is 0 Å². The third-order valence-corrected chi connectivity index (χ3v) is 1.74. The van der Waals surface area contributed by atoms with E-state index in [-0.39, 0.29) is 5.57 Å². The van der Waals surface area contributed by atoms with Gasteiger partial charge in [0.15, 0.2) is 0 Å². The highest BCUT2D eigenvalue weighted by Crippen LogP contribution is 2.15. The van der Waals surface area contributed by atoms with Crippen LogP contribution in [0, 0.1) is 0 Å². The fourth-order valence-corrected chi connectivity index (χ4v) is 1.07. The van der Waals surface area contributed by atoms with Crippen LogP contribution in [0.2, 0.25) is 0 Å². The summed E-state index contributed by atoms with van der Waals surface area (Å²) >= 11 is 0. The molecule has 0 amide bonds. The Kier molecular flexibility index (Phi) is 4.19. The van der Waals surface area contributed by atoms with Gasteiger partial charge in [-0.05, 0) is 5.56 Å². The first-order chi connectivity index (χ1) is 7.69. The molecule has 1 rings (SSSR count).